The second-order valence-electron chi connectivity index (χ2n) is 9.42. The molecule has 0 N–H and O–H groups in total. The van der Waals surface area contributed by atoms with E-state index in [0.29, 0.717) is 6.92 Å². The predicted molar refractivity (Wildman–Crippen MR) is 130 cm³/mol. The highest BCUT2D eigenvalue weighted by molar-refractivity contribution is 5.98. The van der Waals surface area contributed by atoms with Crippen molar-refractivity contribution in [3.63, 3.8) is 0 Å². The maximum absolute atomic E-state index is 15.1. The molecule has 0 amide bonds. The summed E-state index contributed by atoms with van der Waals surface area (Å²) in [6.45, 7) is 0.559. The third kappa shape index (κ3) is 4.70. The van der Waals surface area contributed by atoms with Gasteiger partial charge in [0.05, 0.1) is 34.3 Å². The molecule has 1 aliphatic carbocycles. The zero-order valence-electron chi connectivity index (χ0n) is 22.4. The Hall–Kier alpha value is -6.25. The van der Waals surface area contributed by atoms with Gasteiger partial charge in [0.2, 0.25) is 0 Å². The fourth-order valence-electron chi connectivity index (χ4n) is 4.89. The number of benzene rings is 3. The van der Waals surface area contributed by atoms with E-state index in [4.69, 9.17) is 10.5 Å². The molecule has 17 heteroatoms. The molecule has 5 nitrogen and oxygen atoms in total. The first kappa shape index (κ1) is 33.6. The number of allylic oxidation sites excluding steroid dienone is 4. The van der Waals surface area contributed by atoms with Gasteiger partial charge in [0.15, 0.2) is 69.8 Å². The quantitative estimate of drug-likeness (QED) is 0.162. The first-order chi connectivity index (χ1) is 22.1. The van der Waals surface area contributed by atoms with Crippen LogP contribution in [0.25, 0.3) is 11.1 Å². The number of nitrogens with zero attached hydrogens (tertiary/aromatic N) is 5. The van der Waals surface area contributed by atoms with E-state index in [1.165, 1.54) is 0 Å². The largest absolute Gasteiger partial charge is 0.203 e. The van der Waals surface area contributed by atoms with Gasteiger partial charge in [-0.05, 0) is 18.1 Å². The highest BCUT2D eigenvalue weighted by Gasteiger charge is 2.53. The van der Waals surface area contributed by atoms with Crippen molar-refractivity contribution in [1.29, 1.82) is 26.3 Å². The van der Waals surface area contributed by atoms with Crippen LogP contribution in [0.3, 0.4) is 0 Å². The monoisotopic (exact) mass is 663 g/mol. The van der Waals surface area contributed by atoms with Crippen LogP contribution in [0, 0.1) is 139 Å². The Morgan fingerprint density at radius 2 is 0.809 bits per heavy atom. The lowest BCUT2D eigenvalue weighted by atomic mass is 9.90. The van der Waals surface area contributed by atoms with E-state index in [1.54, 1.807) is 0 Å². The Morgan fingerprint density at radius 3 is 1.11 bits per heavy atom. The fourth-order valence-corrected chi connectivity index (χ4v) is 4.89. The fraction of sp³-hybridized carbons (Fsp3) is 0.100. The molecular formula is C30H5F12N5. The number of hydrogen-bond donors (Lipinski definition) is 0. The third-order valence-corrected chi connectivity index (χ3v) is 7.14. The van der Waals surface area contributed by atoms with Crippen LogP contribution in [0.15, 0.2) is 11.1 Å². The highest BCUT2D eigenvalue weighted by atomic mass is 19.2. The molecule has 0 radical (unpaired) electrons. The van der Waals surface area contributed by atoms with Crippen molar-refractivity contribution in [1.82, 2.24) is 0 Å². The first-order valence-electron chi connectivity index (χ1n) is 12.1. The van der Waals surface area contributed by atoms with Gasteiger partial charge in [0.25, 0.3) is 0 Å². The van der Waals surface area contributed by atoms with Crippen molar-refractivity contribution in [2.45, 2.75) is 12.8 Å². The Labute approximate surface area is 253 Å². The molecular weight excluding hydrogens is 658 g/mol. The van der Waals surface area contributed by atoms with Crippen LogP contribution < -0.4 is 0 Å². The lowest BCUT2D eigenvalue weighted by Gasteiger charge is -2.13. The van der Waals surface area contributed by atoms with E-state index < -0.39 is 137 Å². The zero-order valence-corrected chi connectivity index (χ0v) is 22.4. The van der Waals surface area contributed by atoms with Gasteiger partial charge < -0.3 is 0 Å². The Morgan fingerprint density at radius 1 is 0.489 bits per heavy atom. The SMILES string of the molecule is Cc1c(F)c(F)c(C(C#N)=C2/C(=C(/C#N)c3c(F)c(F)c(C#N)c(F)c3F)C2C(C#N)c2c(F)c(F)c(C#N)c(F)c2F)c(F)c1F. The molecule has 3 aromatic carbocycles. The minimum atomic E-state index is -2.78. The number of halogens is 12. The summed E-state index contributed by atoms with van der Waals surface area (Å²) < 4.78 is 177. The van der Waals surface area contributed by atoms with Gasteiger partial charge in [-0.1, -0.05) is 0 Å². The molecule has 0 aliphatic heterocycles. The summed E-state index contributed by atoms with van der Waals surface area (Å²) in [5, 5.41) is 47.2. The van der Waals surface area contributed by atoms with Gasteiger partial charge in [-0.15, -0.1) is 0 Å². The minimum Gasteiger partial charge on any atom is -0.203 e. The van der Waals surface area contributed by atoms with Crippen molar-refractivity contribution in [2.24, 2.45) is 5.92 Å². The molecule has 234 valence electrons. The van der Waals surface area contributed by atoms with E-state index in [9.17, 15) is 42.1 Å². The van der Waals surface area contributed by atoms with E-state index in [-0.39, 0.29) is 0 Å². The predicted octanol–water partition coefficient (Wildman–Crippen LogP) is 7.60. The van der Waals surface area contributed by atoms with Gasteiger partial charge in [0, 0.05) is 17.0 Å². The second-order valence-corrected chi connectivity index (χ2v) is 9.42. The maximum Gasteiger partial charge on any atom is 0.180 e. The maximum atomic E-state index is 15.1. The van der Waals surface area contributed by atoms with Crippen molar-refractivity contribution in [2.75, 3.05) is 0 Å². The second kappa shape index (κ2) is 11.9. The van der Waals surface area contributed by atoms with Crippen LogP contribution in [-0.2, 0) is 0 Å². The third-order valence-electron chi connectivity index (χ3n) is 7.14. The minimum absolute atomic E-state index is 0.559. The molecule has 0 heterocycles. The van der Waals surface area contributed by atoms with Crippen molar-refractivity contribution in [3.05, 3.63) is 114 Å². The van der Waals surface area contributed by atoms with Gasteiger partial charge in [0.1, 0.15) is 35.4 Å². The molecule has 0 bridgehead atoms. The van der Waals surface area contributed by atoms with Gasteiger partial charge >= 0.3 is 0 Å². The standard InChI is InChI=1S/C30H5F12N5/c1-7-19(31)25(37)16(26(38)20(7)32)8(2-43)13-14(9(3-44)17-27(39)21(33)11(5-46)22(34)28(17)40)15(13)10(4-45)18-29(41)23(35)12(6-47)24(36)30(18)42/h9,14H,1H3/b13-8?,15-10+. The molecule has 0 saturated heterocycles. The first-order valence-corrected chi connectivity index (χ1v) is 12.1. The van der Waals surface area contributed by atoms with Gasteiger partial charge in [-0.2, -0.15) is 26.3 Å². The number of rotatable bonds is 4. The molecule has 1 fully saturated rings. The molecule has 4 rings (SSSR count). The summed E-state index contributed by atoms with van der Waals surface area (Å²) in [5.74, 6) is -33.5. The molecule has 0 spiro atoms. The van der Waals surface area contributed by atoms with Crippen LogP contribution in [0.1, 0.15) is 39.3 Å². The Kier molecular flexibility index (Phi) is 8.53. The molecule has 1 saturated carbocycles. The Bertz CT molecular complexity index is 2170. The molecule has 0 aromatic heterocycles. The summed E-state index contributed by atoms with van der Waals surface area (Å²) in [6, 6.07) is 4.78. The van der Waals surface area contributed by atoms with E-state index >= 15 is 26.3 Å². The van der Waals surface area contributed by atoms with Crippen LogP contribution in [0.5, 0.6) is 0 Å². The normalized spacial score (nSPS) is 16.3. The summed E-state index contributed by atoms with van der Waals surface area (Å²) in [5.41, 5.74) is -16.5. The number of hydrogen-bond acceptors (Lipinski definition) is 5. The lowest BCUT2D eigenvalue weighted by molar-refractivity contribution is 0.429. The highest BCUT2D eigenvalue weighted by Crippen LogP contribution is 2.60. The molecule has 2 atom stereocenters. The smallest absolute Gasteiger partial charge is 0.180 e. The molecule has 1 aliphatic rings. The van der Waals surface area contributed by atoms with Crippen molar-refractivity contribution in [3.8, 4) is 30.3 Å². The summed E-state index contributed by atoms with van der Waals surface area (Å²) in [7, 11) is 0. The molecule has 2 unspecified atom stereocenters. The average Bonchev–Trinajstić information content (AvgIpc) is 3.77. The van der Waals surface area contributed by atoms with E-state index in [1.807, 2.05) is 0 Å². The van der Waals surface area contributed by atoms with Crippen LogP contribution in [0.4, 0.5) is 52.7 Å². The van der Waals surface area contributed by atoms with Crippen molar-refractivity contribution >= 4 is 11.1 Å². The van der Waals surface area contributed by atoms with Crippen LogP contribution in [0.2, 0.25) is 0 Å². The van der Waals surface area contributed by atoms with Gasteiger partial charge in [-0.3, -0.25) is 0 Å². The summed E-state index contributed by atoms with van der Waals surface area (Å²) in [6.07, 6.45) is 0. The average molecular weight is 663 g/mol. The van der Waals surface area contributed by atoms with E-state index in [2.05, 4.69) is 0 Å². The van der Waals surface area contributed by atoms with Crippen LogP contribution in [-0.4, -0.2) is 0 Å². The Balaban J connectivity index is 2.26. The summed E-state index contributed by atoms with van der Waals surface area (Å²) in [4.78, 5) is 0. The lowest BCUT2D eigenvalue weighted by Crippen LogP contribution is -2.12. The van der Waals surface area contributed by atoms with Gasteiger partial charge in [-0.25, -0.2) is 52.7 Å². The number of nitriles is 5. The molecule has 3 aromatic rings. The molecule has 47 heavy (non-hydrogen) atoms. The zero-order chi connectivity index (χ0) is 35.4. The summed E-state index contributed by atoms with van der Waals surface area (Å²) >= 11 is 0. The van der Waals surface area contributed by atoms with Crippen molar-refractivity contribution < 1.29 is 52.7 Å². The van der Waals surface area contributed by atoms with Crippen LogP contribution >= 0.6 is 0 Å². The van der Waals surface area contributed by atoms with E-state index in [0.717, 1.165) is 30.3 Å². The topological polar surface area (TPSA) is 119 Å².